The molecule has 0 amide bonds. The second kappa shape index (κ2) is 6.14. The van der Waals surface area contributed by atoms with Gasteiger partial charge in [-0.05, 0) is 0 Å². The van der Waals surface area contributed by atoms with Crippen molar-refractivity contribution in [3.05, 3.63) is 27.2 Å². The number of fused-ring (bicyclic) bond motifs is 1. The van der Waals surface area contributed by atoms with Crippen molar-refractivity contribution in [2.45, 2.75) is 12.6 Å². The molecule has 2 rings (SSSR count). The van der Waals surface area contributed by atoms with E-state index in [1.165, 1.54) is 17.9 Å². The molecule has 2 heterocycles. The van der Waals surface area contributed by atoms with E-state index >= 15 is 0 Å². The van der Waals surface area contributed by atoms with Crippen LogP contribution in [-0.4, -0.2) is 61.4 Å². The molecular formula is C13H21N6O3+. The van der Waals surface area contributed by atoms with Crippen molar-refractivity contribution in [2.75, 3.05) is 20.6 Å². The van der Waals surface area contributed by atoms with E-state index in [0.717, 1.165) is 4.57 Å². The summed E-state index contributed by atoms with van der Waals surface area (Å²) in [5, 5.41) is 13.0. The molecular weight excluding hydrogens is 288 g/mol. The second-order valence-electron chi connectivity index (χ2n) is 5.43. The van der Waals surface area contributed by atoms with E-state index in [9.17, 15) is 14.7 Å². The third-order valence-electron chi connectivity index (χ3n) is 3.33. The quantitative estimate of drug-likeness (QED) is 0.367. The van der Waals surface area contributed by atoms with E-state index in [4.69, 9.17) is 0 Å². The summed E-state index contributed by atoms with van der Waals surface area (Å²) in [5.41, 5.74) is -0.227. The molecule has 0 fully saturated rings. The molecule has 120 valence electrons. The van der Waals surface area contributed by atoms with Crippen molar-refractivity contribution in [1.29, 1.82) is 0 Å². The number of hydrogen-bond donors (Lipinski definition) is 2. The Bertz CT molecular complexity index is 825. The zero-order valence-electron chi connectivity index (χ0n) is 13.1. The number of aliphatic hydroxyl groups excluding tert-OH is 1. The molecule has 0 aromatic carbocycles. The van der Waals surface area contributed by atoms with E-state index < -0.39 is 17.4 Å². The Hall–Kier alpha value is -2.42. The lowest BCUT2D eigenvalue weighted by molar-refractivity contribution is -0.461. The molecule has 2 aromatic heterocycles. The van der Waals surface area contributed by atoms with Crippen LogP contribution in [0.25, 0.3) is 11.2 Å². The van der Waals surface area contributed by atoms with Gasteiger partial charge in [-0.2, -0.15) is 0 Å². The second-order valence-corrected chi connectivity index (χ2v) is 5.43. The maximum Gasteiger partial charge on any atom is 0.332 e. The molecule has 0 aliphatic rings. The highest BCUT2D eigenvalue weighted by atomic mass is 16.3. The maximum absolute atomic E-state index is 12.2. The van der Waals surface area contributed by atoms with Crippen LogP contribution in [0, 0.1) is 0 Å². The van der Waals surface area contributed by atoms with Crippen LogP contribution in [0.1, 0.15) is 0 Å². The number of rotatable bonds is 5. The lowest BCUT2D eigenvalue weighted by Crippen LogP contribution is -2.38. The zero-order valence-corrected chi connectivity index (χ0v) is 13.1. The van der Waals surface area contributed by atoms with Crippen LogP contribution in [0.3, 0.4) is 0 Å². The Morgan fingerprint density at radius 3 is 2.68 bits per heavy atom. The van der Waals surface area contributed by atoms with Gasteiger partial charge in [-0.25, -0.2) is 9.78 Å². The number of imidazole rings is 1. The van der Waals surface area contributed by atoms with Gasteiger partial charge < -0.3 is 9.67 Å². The average molecular weight is 309 g/mol. The summed E-state index contributed by atoms with van der Waals surface area (Å²) < 4.78 is 5.74. The number of aliphatic hydroxyl groups is 1. The summed E-state index contributed by atoms with van der Waals surface area (Å²) in [4.78, 5) is 28.2. The Morgan fingerprint density at radius 2 is 2.05 bits per heavy atom. The van der Waals surface area contributed by atoms with Gasteiger partial charge in [0.15, 0.2) is 11.2 Å². The Morgan fingerprint density at radius 1 is 1.36 bits per heavy atom. The smallest absolute Gasteiger partial charge is 0.332 e. The highest BCUT2D eigenvalue weighted by Gasteiger charge is 2.16. The van der Waals surface area contributed by atoms with Crippen molar-refractivity contribution in [1.82, 2.24) is 24.0 Å². The van der Waals surface area contributed by atoms with Crippen molar-refractivity contribution in [2.24, 2.45) is 14.1 Å². The van der Waals surface area contributed by atoms with Crippen LogP contribution in [0.4, 0.5) is 0 Å². The molecule has 1 atom stereocenters. The van der Waals surface area contributed by atoms with Crippen LogP contribution in [-0.2, 0) is 20.6 Å². The standard InChI is InChI=1S/C13H20N6O3/c1-16(2)7-14-5-9(20)6-19-8-15-11-10(19)12(21)18(4)13(22)17(11)3/h7-9,20H,5-6H2,1-4H3/p+1/t9-/m1/s1. The molecule has 9 nitrogen and oxygen atoms in total. The van der Waals surface area contributed by atoms with Crippen LogP contribution in [0.2, 0.25) is 0 Å². The number of hydrogen-bond acceptors (Lipinski definition) is 4. The molecule has 2 N–H and O–H groups in total. The first-order valence-corrected chi connectivity index (χ1v) is 6.85. The fourth-order valence-electron chi connectivity index (χ4n) is 2.20. The topological polar surface area (TPSA) is 97.1 Å². The van der Waals surface area contributed by atoms with Crippen LogP contribution < -0.4 is 16.6 Å². The highest BCUT2D eigenvalue weighted by molar-refractivity contribution is 5.69. The Balaban J connectivity index is 2.32. The van der Waals surface area contributed by atoms with Crippen molar-refractivity contribution in [3.8, 4) is 0 Å². The van der Waals surface area contributed by atoms with Crippen molar-refractivity contribution < 1.29 is 9.68 Å². The first kappa shape index (κ1) is 16.0. The van der Waals surface area contributed by atoms with Gasteiger partial charge in [0, 0.05) is 14.1 Å². The van der Waals surface area contributed by atoms with E-state index in [1.807, 2.05) is 18.7 Å². The predicted octanol–water partition coefficient (Wildman–Crippen LogP) is -2.32. The van der Waals surface area contributed by atoms with Crippen molar-refractivity contribution >= 4 is 17.5 Å². The van der Waals surface area contributed by atoms with Crippen LogP contribution >= 0.6 is 0 Å². The van der Waals surface area contributed by atoms with E-state index in [-0.39, 0.29) is 6.54 Å². The highest BCUT2D eigenvalue weighted by Crippen LogP contribution is 2.06. The van der Waals surface area contributed by atoms with Gasteiger partial charge in [-0.3, -0.25) is 23.8 Å². The number of nitrogens with zero attached hydrogens (tertiary/aromatic N) is 5. The monoisotopic (exact) mass is 309 g/mol. The number of aromatic nitrogens is 4. The molecule has 0 aliphatic carbocycles. The van der Waals surface area contributed by atoms with E-state index in [1.54, 1.807) is 18.0 Å². The fourth-order valence-corrected chi connectivity index (χ4v) is 2.20. The third-order valence-corrected chi connectivity index (χ3v) is 3.33. The third kappa shape index (κ3) is 2.93. The molecule has 22 heavy (non-hydrogen) atoms. The van der Waals surface area contributed by atoms with Gasteiger partial charge in [0.1, 0.15) is 12.6 Å². The minimum Gasteiger partial charge on any atom is -0.387 e. The summed E-state index contributed by atoms with van der Waals surface area (Å²) >= 11 is 0. The van der Waals surface area contributed by atoms with Gasteiger partial charge in [-0.1, -0.05) is 0 Å². The first-order chi connectivity index (χ1) is 10.3. The van der Waals surface area contributed by atoms with Gasteiger partial charge in [0.2, 0.25) is 6.34 Å². The summed E-state index contributed by atoms with van der Waals surface area (Å²) in [6.07, 6.45) is 2.50. The Kier molecular flexibility index (Phi) is 4.45. The maximum atomic E-state index is 12.2. The SMILES string of the molecule is Cn1c(=O)c2c(ncn2C[C@H](O)CNC=[N+](C)C)n(C)c1=O. The van der Waals surface area contributed by atoms with Crippen molar-refractivity contribution in [3.63, 3.8) is 0 Å². The summed E-state index contributed by atoms with van der Waals surface area (Å²) in [6, 6.07) is 0. The van der Waals surface area contributed by atoms with Gasteiger partial charge >= 0.3 is 5.69 Å². The molecule has 2 aromatic rings. The first-order valence-electron chi connectivity index (χ1n) is 6.85. The summed E-state index contributed by atoms with van der Waals surface area (Å²) in [7, 11) is 6.72. The number of nitrogens with one attached hydrogen (secondary N) is 1. The minimum absolute atomic E-state index is 0.207. The molecule has 0 unspecified atom stereocenters. The summed E-state index contributed by atoms with van der Waals surface area (Å²) in [5.74, 6) is 0. The fraction of sp³-hybridized carbons (Fsp3) is 0.538. The molecule has 9 heteroatoms. The van der Waals surface area contributed by atoms with E-state index in [2.05, 4.69) is 10.3 Å². The number of aryl methyl sites for hydroxylation is 1. The largest absolute Gasteiger partial charge is 0.387 e. The average Bonchev–Trinajstić information content (AvgIpc) is 2.86. The normalized spacial score (nSPS) is 12.4. The molecule has 0 saturated heterocycles. The zero-order chi connectivity index (χ0) is 16.4. The van der Waals surface area contributed by atoms with Gasteiger partial charge in [0.05, 0.1) is 27.0 Å². The van der Waals surface area contributed by atoms with Crippen LogP contribution in [0.5, 0.6) is 0 Å². The van der Waals surface area contributed by atoms with Crippen LogP contribution in [0.15, 0.2) is 15.9 Å². The molecule has 0 spiro atoms. The Labute approximate surface area is 126 Å². The summed E-state index contributed by atoms with van der Waals surface area (Å²) in [6.45, 7) is 0.544. The minimum atomic E-state index is -0.699. The molecule has 0 radical (unpaired) electrons. The molecule has 0 aliphatic heterocycles. The van der Waals surface area contributed by atoms with Gasteiger partial charge in [-0.15, -0.1) is 0 Å². The van der Waals surface area contributed by atoms with Gasteiger partial charge in [0.25, 0.3) is 5.56 Å². The molecule has 0 bridgehead atoms. The predicted molar refractivity (Wildman–Crippen MR) is 82.4 cm³/mol. The lowest BCUT2D eigenvalue weighted by atomic mass is 10.3. The lowest BCUT2D eigenvalue weighted by Gasteiger charge is -2.10. The van der Waals surface area contributed by atoms with E-state index in [0.29, 0.717) is 17.7 Å². The molecule has 0 saturated carbocycles.